The second-order valence-electron chi connectivity index (χ2n) is 7.25. The van der Waals surface area contributed by atoms with Gasteiger partial charge in [-0.3, -0.25) is 9.78 Å². The molecule has 2 aromatic carbocycles. The number of ether oxygens (including phenoxy) is 3. The number of rotatable bonds is 5. The molecule has 1 atom stereocenters. The van der Waals surface area contributed by atoms with Gasteiger partial charge >= 0.3 is 5.97 Å². The molecule has 1 fully saturated rings. The molecular weight excluding hydrogens is 409 g/mol. The van der Waals surface area contributed by atoms with Crippen molar-refractivity contribution in [3.05, 3.63) is 71.7 Å². The predicted molar refractivity (Wildman–Crippen MR) is 111 cm³/mol. The van der Waals surface area contributed by atoms with E-state index >= 15 is 0 Å². The Hall–Kier alpha value is -2.70. The SMILES string of the molecule is COC(=O)C1(c2cc(F)cc(OC(Cl)c3ccc4ncccc4c3)c2)CCOCC1. The number of carbonyl (C=O) groups is 1. The summed E-state index contributed by atoms with van der Waals surface area (Å²) in [6.07, 6.45) is 2.54. The van der Waals surface area contributed by atoms with Gasteiger partial charge in [0.1, 0.15) is 11.6 Å². The van der Waals surface area contributed by atoms with Crippen LogP contribution in [0.2, 0.25) is 0 Å². The zero-order valence-corrected chi connectivity index (χ0v) is 17.2. The Balaban J connectivity index is 1.64. The molecule has 1 aliphatic heterocycles. The van der Waals surface area contributed by atoms with Crippen LogP contribution in [0.15, 0.2) is 54.7 Å². The van der Waals surface area contributed by atoms with Crippen LogP contribution in [0.5, 0.6) is 5.75 Å². The number of halogens is 2. The summed E-state index contributed by atoms with van der Waals surface area (Å²) in [6, 6.07) is 13.6. The summed E-state index contributed by atoms with van der Waals surface area (Å²) in [4.78, 5) is 16.9. The van der Waals surface area contributed by atoms with Crippen molar-refractivity contribution in [2.24, 2.45) is 0 Å². The summed E-state index contributed by atoms with van der Waals surface area (Å²) in [5, 5.41) is 0.927. The smallest absolute Gasteiger partial charge is 0.316 e. The molecule has 1 saturated heterocycles. The monoisotopic (exact) mass is 429 g/mol. The topological polar surface area (TPSA) is 57.7 Å². The maximum absolute atomic E-state index is 14.5. The van der Waals surface area contributed by atoms with Crippen LogP contribution < -0.4 is 4.74 Å². The molecule has 1 unspecified atom stereocenters. The number of benzene rings is 2. The Morgan fingerprint density at radius 1 is 1.20 bits per heavy atom. The number of fused-ring (bicyclic) bond motifs is 1. The van der Waals surface area contributed by atoms with E-state index in [2.05, 4.69) is 4.98 Å². The highest BCUT2D eigenvalue weighted by Gasteiger charge is 2.43. The van der Waals surface area contributed by atoms with E-state index in [1.54, 1.807) is 12.3 Å². The largest absolute Gasteiger partial charge is 0.470 e. The second-order valence-corrected chi connectivity index (χ2v) is 7.65. The third kappa shape index (κ3) is 3.98. The lowest BCUT2D eigenvalue weighted by molar-refractivity contribution is -0.151. The van der Waals surface area contributed by atoms with Gasteiger partial charge in [-0.15, -0.1) is 0 Å². The molecule has 0 aliphatic carbocycles. The Bertz CT molecular complexity index is 1070. The van der Waals surface area contributed by atoms with Crippen molar-refractivity contribution < 1.29 is 23.4 Å². The van der Waals surface area contributed by atoms with Crippen molar-refractivity contribution in [2.75, 3.05) is 20.3 Å². The summed E-state index contributed by atoms with van der Waals surface area (Å²) in [5.41, 5.74) is 0.255. The molecule has 0 amide bonds. The highest BCUT2D eigenvalue weighted by atomic mass is 35.5. The average Bonchev–Trinajstić information content (AvgIpc) is 2.78. The predicted octanol–water partition coefficient (Wildman–Crippen LogP) is 4.91. The molecule has 4 rings (SSSR count). The van der Waals surface area contributed by atoms with Crippen LogP contribution in [-0.2, 0) is 19.7 Å². The molecule has 156 valence electrons. The number of aromatic nitrogens is 1. The molecule has 5 nitrogen and oxygen atoms in total. The van der Waals surface area contributed by atoms with Crippen molar-refractivity contribution in [3.8, 4) is 5.75 Å². The molecular formula is C23H21ClFNO4. The minimum atomic E-state index is -0.969. The van der Waals surface area contributed by atoms with Crippen molar-refractivity contribution in [1.29, 1.82) is 0 Å². The van der Waals surface area contributed by atoms with Gasteiger partial charge in [-0.25, -0.2) is 4.39 Å². The third-order valence-corrected chi connectivity index (χ3v) is 5.82. The number of nitrogens with zero attached hydrogens (tertiary/aromatic N) is 1. The minimum absolute atomic E-state index is 0.242. The van der Waals surface area contributed by atoms with Gasteiger partial charge in [0.15, 0.2) is 5.56 Å². The van der Waals surface area contributed by atoms with E-state index in [1.807, 2.05) is 30.3 Å². The van der Waals surface area contributed by atoms with E-state index in [4.69, 9.17) is 25.8 Å². The summed E-state index contributed by atoms with van der Waals surface area (Å²) >= 11 is 6.48. The molecule has 1 aromatic heterocycles. The van der Waals surface area contributed by atoms with Gasteiger partial charge in [-0.2, -0.15) is 0 Å². The number of esters is 1. The standard InChI is InChI=1S/C23H21ClFNO4/c1-28-22(27)23(6-9-29-10-7-23)17-12-18(25)14-19(13-17)30-21(24)16-4-5-20-15(11-16)3-2-8-26-20/h2-5,8,11-14,21H,6-7,9-10H2,1H3. The Labute approximate surface area is 178 Å². The normalized spacial score (nSPS) is 16.8. The fourth-order valence-electron chi connectivity index (χ4n) is 3.86. The zero-order chi connectivity index (χ0) is 21.1. The second kappa shape index (κ2) is 8.58. The molecule has 2 heterocycles. The number of carbonyl (C=O) groups excluding carboxylic acids is 1. The van der Waals surface area contributed by atoms with Crippen LogP contribution in [0.4, 0.5) is 4.39 Å². The highest BCUT2D eigenvalue weighted by molar-refractivity contribution is 6.20. The van der Waals surface area contributed by atoms with E-state index in [-0.39, 0.29) is 5.75 Å². The Morgan fingerprint density at radius 2 is 2.00 bits per heavy atom. The first-order chi connectivity index (χ1) is 14.5. The van der Waals surface area contributed by atoms with Gasteiger partial charge in [-0.05, 0) is 48.7 Å². The lowest BCUT2D eigenvalue weighted by Crippen LogP contribution is -2.42. The van der Waals surface area contributed by atoms with Gasteiger partial charge in [-0.1, -0.05) is 23.7 Å². The lowest BCUT2D eigenvalue weighted by atomic mass is 9.74. The number of alkyl halides is 1. The first-order valence-electron chi connectivity index (χ1n) is 9.64. The molecule has 0 bridgehead atoms. The van der Waals surface area contributed by atoms with Crippen LogP contribution in [-0.4, -0.2) is 31.3 Å². The highest BCUT2D eigenvalue weighted by Crippen LogP contribution is 2.39. The Kier molecular flexibility index (Phi) is 5.88. The molecule has 1 aliphatic rings. The fraction of sp³-hybridized carbons (Fsp3) is 0.304. The van der Waals surface area contributed by atoms with E-state index < -0.39 is 22.8 Å². The van der Waals surface area contributed by atoms with Gasteiger partial charge in [0.25, 0.3) is 0 Å². The van der Waals surface area contributed by atoms with E-state index in [9.17, 15) is 9.18 Å². The fourth-order valence-corrected chi connectivity index (χ4v) is 4.09. The summed E-state index contributed by atoms with van der Waals surface area (Å²) in [7, 11) is 1.33. The van der Waals surface area contributed by atoms with E-state index in [0.717, 1.165) is 16.5 Å². The first kappa shape index (κ1) is 20.6. The van der Waals surface area contributed by atoms with Gasteiger partial charge in [0.05, 0.1) is 18.0 Å². The van der Waals surface area contributed by atoms with Crippen LogP contribution in [0.25, 0.3) is 10.9 Å². The average molecular weight is 430 g/mol. The van der Waals surface area contributed by atoms with E-state index in [0.29, 0.717) is 31.6 Å². The summed E-state index contributed by atoms with van der Waals surface area (Å²) in [6.45, 7) is 0.788. The molecule has 3 aromatic rings. The van der Waals surface area contributed by atoms with Crippen molar-refractivity contribution in [3.63, 3.8) is 0 Å². The lowest BCUT2D eigenvalue weighted by Gasteiger charge is -2.35. The molecule has 7 heteroatoms. The van der Waals surface area contributed by atoms with Gasteiger partial charge in [0, 0.05) is 36.4 Å². The van der Waals surface area contributed by atoms with Crippen LogP contribution in [0.1, 0.15) is 29.5 Å². The first-order valence-corrected chi connectivity index (χ1v) is 10.1. The molecule has 0 radical (unpaired) electrons. The number of methoxy groups -OCH3 is 1. The molecule has 0 saturated carbocycles. The van der Waals surface area contributed by atoms with Crippen molar-refractivity contribution >= 4 is 28.5 Å². The maximum atomic E-state index is 14.5. The van der Waals surface area contributed by atoms with Crippen LogP contribution >= 0.6 is 11.6 Å². The van der Waals surface area contributed by atoms with E-state index in [1.165, 1.54) is 19.2 Å². The minimum Gasteiger partial charge on any atom is -0.470 e. The van der Waals surface area contributed by atoms with Gasteiger partial charge < -0.3 is 14.2 Å². The molecule has 0 N–H and O–H groups in total. The summed E-state index contributed by atoms with van der Waals surface area (Å²) in [5.74, 6) is -0.679. The molecule has 30 heavy (non-hydrogen) atoms. The van der Waals surface area contributed by atoms with Crippen molar-refractivity contribution in [1.82, 2.24) is 4.98 Å². The quantitative estimate of drug-likeness (QED) is 0.426. The Morgan fingerprint density at radius 3 is 2.77 bits per heavy atom. The van der Waals surface area contributed by atoms with Crippen molar-refractivity contribution in [2.45, 2.75) is 23.8 Å². The number of hydrogen-bond donors (Lipinski definition) is 0. The summed E-state index contributed by atoms with van der Waals surface area (Å²) < 4.78 is 30.7. The van der Waals surface area contributed by atoms with Gasteiger partial charge in [0.2, 0.25) is 0 Å². The number of pyridine rings is 1. The maximum Gasteiger partial charge on any atom is 0.316 e. The van der Waals surface area contributed by atoms with Crippen LogP contribution in [0, 0.1) is 5.82 Å². The number of hydrogen-bond acceptors (Lipinski definition) is 5. The molecule has 0 spiro atoms. The third-order valence-electron chi connectivity index (χ3n) is 5.48. The zero-order valence-electron chi connectivity index (χ0n) is 16.4. The van der Waals surface area contributed by atoms with Crippen LogP contribution in [0.3, 0.4) is 0 Å².